The second-order valence-corrected chi connectivity index (χ2v) is 14.5. The lowest BCUT2D eigenvalue weighted by molar-refractivity contribution is 0.460. The van der Waals surface area contributed by atoms with Crippen LogP contribution in [0.25, 0.3) is 0 Å². The van der Waals surface area contributed by atoms with E-state index in [1.165, 1.54) is 0 Å². The van der Waals surface area contributed by atoms with Crippen LogP contribution in [-0.4, -0.2) is 14.4 Å². The van der Waals surface area contributed by atoms with Crippen LogP contribution in [0.2, 0.25) is 0 Å². The lowest BCUT2D eigenvalue weighted by Crippen LogP contribution is -2.10. The zero-order valence-corrected chi connectivity index (χ0v) is 18.6. The molecule has 0 bridgehead atoms. The Balaban J connectivity index is 0. The van der Waals surface area contributed by atoms with Gasteiger partial charge in [0, 0.05) is 0 Å². The lowest BCUT2D eigenvalue weighted by atomic mass is 10.9. The van der Waals surface area contributed by atoms with Crippen molar-refractivity contribution in [3.8, 4) is 0 Å². The summed E-state index contributed by atoms with van der Waals surface area (Å²) in [6.07, 6.45) is 0. The van der Waals surface area contributed by atoms with E-state index in [0.29, 0.717) is 0 Å². The standard InChI is InChI=1S/2C2HBr4F/c2*3-1(4)2(5,6)7/h2*1H. The van der Waals surface area contributed by atoms with E-state index in [0.717, 1.165) is 0 Å². The van der Waals surface area contributed by atoms with Gasteiger partial charge in [0.1, 0.15) is 7.47 Å². The van der Waals surface area contributed by atoms with Gasteiger partial charge in [0.25, 0.3) is 0 Å². The summed E-state index contributed by atoms with van der Waals surface area (Å²) < 4.78 is 20.6. The van der Waals surface area contributed by atoms with Crippen LogP contribution in [0.3, 0.4) is 0 Å². The maximum absolute atomic E-state index is 12.3. The van der Waals surface area contributed by atoms with Crippen molar-refractivity contribution in [1.29, 1.82) is 0 Å². The third-order valence-corrected chi connectivity index (χ3v) is 9.76. The minimum Gasteiger partial charge on any atom is -0.216 e. The highest BCUT2D eigenvalue weighted by Gasteiger charge is 2.28. The third-order valence-electron chi connectivity index (χ3n) is 0.495. The van der Waals surface area contributed by atoms with E-state index >= 15 is 0 Å². The first kappa shape index (κ1) is 20.0. The molecule has 0 unspecified atom stereocenters. The van der Waals surface area contributed by atoms with Crippen LogP contribution >= 0.6 is 127 Å². The lowest BCUT2D eigenvalue weighted by Gasteiger charge is -2.09. The van der Waals surface area contributed by atoms with Crippen molar-refractivity contribution in [2.75, 3.05) is 0 Å². The Bertz CT molecular complexity index is 128. The van der Waals surface area contributed by atoms with Gasteiger partial charge in [0.05, 0.1) is 0 Å². The predicted molar refractivity (Wildman–Crippen MR) is 86.7 cm³/mol. The van der Waals surface area contributed by atoms with Crippen molar-refractivity contribution < 1.29 is 8.78 Å². The molecule has 0 nitrogen and oxygen atoms in total. The smallest absolute Gasteiger partial charge is 0.216 e. The highest BCUT2D eigenvalue weighted by atomic mass is 79.9. The summed E-state index contributed by atoms with van der Waals surface area (Å²) in [6, 6.07) is 0. The van der Waals surface area contributed by atoms with E-state index in [4.69, 9.17) is 0 Å². The maximum Gasteiger partial charge on any atom is 0.240 e. The van der Waals surface area contributed by atoms with Gasteiger partial charge in [-0.1, -0.05) is 63.7 Å². The summed E-state index contributed by atoms with van der Waals surface area (Å²) in [5, 5.41) is 0. The molecule has 0 N–H and O–H groups in total. The Kier molecular flexibility index (Phi) is 12.5. The molecule has 0 radical (unpaired) electrons. The predicted octanol–water partition coefficient (Wildman–Crippen LogP) is 7.03. The fraction of sp³-hybridized carbons (Fsp3) is 1.00. The molecule has 0 spiro atoms. The van der Waals surface area contributed by atoms with Gasteiger partial charge in [-0.25, -0.2) is 8.78 Å². The van der Waals surface area contributed by atoms with Gasteiger partial charge in [-0.2, -0.15) is 0 Å². The van der Waals surface area contributed by atoms with Gasteiger partial charge >= 0.3 is 0 Å². The molecule has 0 aliphatic rings. The van der Waals surface area contributed by atoms with Crippen LogP contribution in [0, 0.1) is 0 Å². The molecule has 0 aliphatic carbocycles. The fourth-order valence-electron chi connectivity index (χ4n) is 0. The van der Waals surface area contributed by atoms with Crippen LogP contribution in [0.1, 0.15) is 0 Å². The molecule has 0 saturated carbocycles. The van der Waals surface area contributed by atoms with Crippen molar-refractivity contribution >= 4 is 127 Å². The summed E-state index contributed by atoms with van der Waals surface area (Å²) in [5.41, 5.74) is 0. The quantitative estimate of drug-likeness (QED) is 0.268. The highest BCUT2D eigenvalue weighted by molar-refractivity contribution is 9.30. The molecule has 0 fully saturated rings. The van der Waals surface area contributed by atoms with E-state index in [-0.39, 0.29) is 0 Å². The summed E-state index contributed by atoms with van der Waals surface area (Å²) >= 11 is 22.6. The Labute approximate surface area is 148 Å². The maximum atomic E-state index is 12.3. The summed E-state index contributed by atoms with van der Waals surface area (Å²) in [5.74, 6) is 0. The monoisotopic (exact) mass is 719 g/mol. The molecule has 10 heteroatoms. The van der Waals surface area contributed by atoms with Crippen LogP contribution in [-0.2, 0) is 0 Å². The molecule has 0 aromatic heterocycles. The Morgan fingerprint density at radius 1 is 0.643 bits per heavy atom. The van der Waals surface area contributed by atoms with E-state index in [9.17, 15) is 8.78 Å². The first-order valence-electron chi connectivity index (χ1n) is 2.58. The van der Waals surface area contributed by atoms with Crippen LogP contribution in [0.4, 0.5) is 8.78 Å². The van der Waals surface area contributed by atoms with Gasteiger partial charge in [-0.3, -0.25) is 0 Å². The Hall–Kier alpha value is 3.70. The van der Waals surface area contributed by atoms with Crippen molar-refractivity contribution in [2.45, 2.75) is 14.4 Å². The van der Waals surface area contributed by atoms with Crippen LogP contribution < -0.4 is 0 Å². The molecular weight excluding hydrogens is 725 g/mol. The van der Waals surface area contributed by atoms with E-state index in [1.54, 1.807) is 0 Å². The van der Waals surface area contributed by atoms with Gasteiger partial charge in [-0.15, -0.1) is 0 Å². The minimum absolute atomic E-state index is 0.410. The third kappa shape index (κ3) is 13.8. The summed E-state index contributed by atoms with van der Waals surface area (Å²) in [6.45, 7) is 0. The number of hydrogen-bond donors (Lipinski definition) is 0. The summed E-state index contributed by atoms with van der Waals surface area (Å²) in [4.78, 5) is 0. The van der Waals surface area contributed by atoms with Crippen molar-refractivity contribution in [2.24, 2.45) is 0 Å². The van der Waals surface area contributed by atoms with E-state index < -0.39 is 14.4 Å². The van der Waals surface area contributed by atoms with Crippen molar-refractivity contribution in [3.63, 3.8) is 0 Å². The van der Waals surface area contributed by atoms with Crippen molar-refractivity contribution in [1.82, 2.24) is 0 Å². The molecule has 88 valence electrons. The number of rotatable bonds is 2. The molecule has 0 amide bonds. The Morgan fingerprint density at radius 2 is 0.714 bits per heavy atom. The first-order valence-corrected chi connectivity index (χ1v) is 9.42. The average molecular weight is 727 g/mol. The average Bonchev–Trinajstić information content (AvgIpc) is 1.83. The number of halogens is 10. The van der Waals surface area contributed by atoms with Crippen molar-refractivity contribution in [3.05, 3.63) is 0 Å². The second-order valence-electron chi connectivity index (χ2n) is 1.68. The fourth-order valence-corrected chi connectivity index (χ4v) is 0. The molecule has 0 aliphatic heterocycles. The molecule has 14 heavy (non-hydrogen) atoms. The number of hydrogen-bond acceptors (Lipinski definition) is 0. The minimum atomic E-state index is -1.54. The molecular formula is C4H2Br8F2. The van der Waals surface area contributed by atoms with Gasteiger partial charge in [0.15, 0.2) is 0 Å². The number of alkyl halides is 10. The molecule has 0 atom stereocenters. The molecule has 0 rings (SSSR count). The normalized spacial score (nSPS) is 12.9. The highest BCUT2D eigenvalue weighted by Crippen LogP contribution is 2.39. The molecule has 0 saturated heterocycles. The second kappa shape index (κ2) is 8.74. The Morgan fingerprint density at radius 3 is 0.714 bits per heavy atom. The van der Waals surface area contributed by atoms with Gasteiger partial charge in [-0.05, 0) is 63.7 Å². The molecule has 0 aromatic rings. The largest absolute Gasteiger partial charge is 0.240 e. The molecule has 0 aromatic carbocycles. The zero-order chi connectivity index (χ0) is 12.2. The van der Waals surface area contributed by atoms with Gasteiger partial charge in [0.2, 0.25) is 6.97 Å². The topological polar surface area (TPSA) is 0 Å². The first-order chi connectivity index (χ1) is 5.89. The van der Waals surface area contributed by atoms with Crippen LogP contribution in [0.15, 0.2) is 0 Å². The SMILES string of the molecule is FC(Br)(Br)C(Br)Br.FC(Br)(Br)C(Br)Br. The summed E-state index contributed by atoms with van der Waals surface area (Å²) in [7, 11) is 0. The van der Waals surface area contributed by atoms with E-state index in [2.05, 4.69) is 127 Å². The van der Waals surface area contributed by atoms with Gasteiger partial charge < -0.3 is 0 Å². The van der Waals surface area contributed by atoms with E-state index in [1.807, 2.05) is 0 Å². The zero-order valence-electron chi connectivity index (χ0n) is 5.93. The molecule has 0 heterocycles. The van der Waals surface area contributed by atoms with Crippen LogP contribution in [0.5, 0.6) is 0 Å².